The zero-order valence-corrected chi connectivity index (χ0v) is 83.9. The second-order valence-electron chi connectivity index (χ2n) is 34.8. The maximum atomic E-state index is 13.5. The van der Waals surface area contributed by atoms with Crippen molar-refractivity contribution < 1.29 is 33.8 Å². The van der Waals surface area contributed by atoms with E-state index in [4.69, 9.17) is 160 Å². The maximum absolute atomic E-state index is 13.5. The SMILES string of the molecule is COc1cc(CO)cc(NC(=O)N2CCN(c3ccc(Cl)cc3Cl)C(c3ccc(Cl)cc3)C2)c1.COc1ccc(Cl)cc1NC(=O)N1CCN(c2ccc(Cl)cc2Cl)C(c2ccc(Cl)cc2)C1.Cc1cc(C)c(NC(=O)N2CCN(c3ccc(Cl)cc3Cl)C(c3ccc(Cl)cc3)C2)c(C)c1.O=C(NC1C2CC3CC(C2)CC1C3)N1CCN(c2ccc(Cl)cc2Cl)C(c2ccc(Cl)cc2)C1. The topological polar surface area (TPSA) is 181 Å². The molecule has 4 saturated heterocycles. The molecule has 5 N–H and O–H groups in total. The largest absolute Gasteiger partial charge is 0.497 e. The second kappa shape index (κ2) is 45.1. The number of aliphatic hydroxyl groups is 1. The average Bonchev–Trinajstić information content (AvgIpc) is 0.756. The highest BCUT2D eigenvalue weighted by Crippen LogP contribution is 2.54. The van der Waals surface area contributed by atoms with E-state index in [1.807, 2.05) is 169 Å². The number of piperazine rings is 4. The molecule has 8 amide bonds. The quantitative estimate of drug-likeness (QED) is 0.0659. The summed E-state index contributed by atoms with van der Waals surface area (Å²) in [5, 5.41) is 29.8. The number of carbonyl (C=O) groups is 4. The van der Waals surface area contributed by atoms with Crippen LogP contribution in [0.1, 0.15) is 101 Å². The minimum absolute atomic E-state index is 0.0195. The van der Waals surface area contributed by atoms with Crippen LogP contribution in [-0.4, -0.2) is 148 Å². The van der Waals surface area contributed by atoms with E-state index >= 15 is 0 Å². The van der Waals surface area contributed by atoms with Gasteiger partial charge < -0.3 is 75.0 Å². The lowest BCUT2D eigenvalue weighted by molar-refractivity contribution is -0.0112. The molecular formula is C102H101Cl13N12O7. The summed E-state index contributed by atoms with van der Waals surface area (Å²) in [6, 6.07) is 66.7. The van der Waals surface area contributed by atoms with Crippen LogP contribution >= 0.6 is 151 Å². The summed E-state index contributed by atoms with van der Waals surface area (Å²) in [5.41, 5.74) is 13.6. The Labute approximate surface area is 847 Å². The summed E-state index contributed by atoms with van der Waals surface area (Å²) in [5.74, 6) is 4.23. The molecule has 32 heteroatoms. The van der Waals surface area contributed by atoms with E-state index < -0.39 is 0 Å². The lowest BCUT2D eigenvalue weighted by Gasteiger charge is -2.54. The van der Waals surface area contributed by atoms with Gasteiger partial charge >= 0.3 is 24.1 Å². The summed E-state index contributed by atoms with van der Waals surface area (Å²) in [6.07, 6.45) is 6.62. The molecule has 11 aromatic rings. The number of benzene rings is 11. The van der Waals surface area contributed by atoms with Gasteiger partial charge in [-0.05, 0) is 267 Å². The van der Waals surface area contributed by atoms with E-state index in [1.54, 1.807) is 84.7 Å². The summed E-state index contributed by atoms with van der Waals surface area (Å²) in [7, 11) is 3.09. The number of methoxy groups -OCH3 is 2. The van der Waals surface area contributed by atoms with Crippen LogP contribution in [-0.2, 0) is 6.61 Å². The molecule has 0 radical (unpaired) electrons. The summed E-state index contributed by atoms with van der Waals surface area (Å²) < 4.78 is 10.6. The zero-order valence-electron chi connectivity index (χ0n) is 74.1. The number of halogens is 13. The second-order valence-corrected chi connectivity index (χ2v) is 40.3. The first-order chi connectivity index (χ1) is 64.4. The van der Waals surface area contributed by atoms with Gasteiger partial charge in [-0.25, -0.2) is 19.2 Å². The molecule has 19 rings (SSSR count). The first-order valence-corrected chi connectivity index (χ1v) is 49.1. The van der Waals surface area contributed by atoms with Gasteiger partial charge in [0, 0.05) is 147 Å². The number of carbonyl (C=O) groups excluding carboxylic acids is 4. The van der Waals surface area contributed by atoms with E-state index in [2.05, 4.69) is 59.9 Å². The molecule has 4 bridgehead atoms. The van der Waals surface area contributed by atoms with Gasteiger partial charge in [-0.2, -0.15) is 0 Å². The molecule has 8 aliphatic rings. The predicted molar refractivity (Wildman–Crippen MR) is 552 cm³/mol. The fourth-order valence-electron chi connectivity index (χ4n) is 19.8. The van der Waals surface area contributed by atoms with E-state index in [9.17, 15) is 24.3 Å². The van der Waals surface area contributed by atoms with Crippen LogP contribution in [0.2, 0.25) is 65.3 Å². The maximum Gasteiger partial charge on any atom is 0.322 e. The predicted octanol–water partition coefficient (Wildman–Crippen LogP) is 28.4. The van der Waals surface area contributed by atoms with Crippen molar-refractivity contribution in [3.05, 3.63) is 328 Å². The van der Waals surface area contributed by atoms with Gasteiger partial charge in [-0.15, -0.1) is 0 Å². The molecule has 4 saturated carbocycles. The molecular weight excluding hydrogens is 1970 g/mol. The number of hydrogen-bond acceptors (Lipinski definition) is 11. The fourth-order valence-corrected chi connectivity index (χ4v) is 22.6. The van der Waals surface area contributed by atoms with Gasteiger partial charge in [-0.3, -0.25) is 0 Å². The molecule has 11 aromatic carbocycles. The van der Waals surface area contributed by atoms with E-state index in [0.717, 1.165) is 73.7 Å². The highest BCUT2D eigenvalue weighted by Gasteiger charge is 2.50. The van der Waals surface area contributed by atoms with Crippen molar-refractivity contribution in [2.24, 2.45) is 23.7 Å². The summed E-state index contributed by atoms with van der Waals surface area (Å²) in [6.45, 7) is 12.6. The highest BCUT2D eigenvalue weighted by molar-refractivity contribution is 6.39. The van der Waals surface area contributed by atoms with Crippen molar-refractivity contribution in [1.82, 2.24) is 24.9 Å². The lowest BCUT2D eigenvalue weighted by Crippen LogP contribution is -2.60. The number of urea groups is 4. The van der Waals surface area contributed by atoms with Crippen molar-refractivity contribution in [3.8, 4) is 11.5 Å². The van der Waals surface area contributed by atoms with Gasteiger partial charge in [0.2, 0.25) is 0 Å². The number of rotatable bonds is 15. The third-order valence-corrected chi connectivity index (χ3v) is 29.4. The van der Waals surface area contributed by atoms with Crippen LogP contribution in [0.3, 0.4) is 0 Å². The third-order valence-electron chi connectivity index (χ3n) is 26.0. The minimum Gasteiger partial charge on any atom is -0.497 e. The Morgan fingerprint density at radius 3 is 1.00 bits per heavy atom. The average molecular weight is 2070 g/mol. The fraction of sp³-hybridized carbons (Fsp3) is 0.314. The molecule has 4 heterocycles. The molecule has 134 heavy (non-hydrogen) atoms. The van der Waals surface area contributed by atoms with Crippen LogP contribution in [0.4, 0.5) is 59.0 Å². The molecule has 4 aliphatic carbocycles. The van der Waals surface area contributed by atoms with Gasteiger partial charge in [0.1, 0.15) is 11.5 Å². The van der Waals surface area contributed by atoms with Crippen LogP contribution < -0.4 is 50.3 Å². The molecule has 4 aliphatic heterocycles. The van der Waals surface area contributed by atoms with E-state index in [-0.39, 0.29) is 54.9 Å². The minimum atomic E-state index is -0.239. The Morgan fingerprint density at radius 2 is 0.664 bits per heavy atom. The standard InChI is InChI=1S/C27H30Cl3N3O.C26H26Cl3N3O.C25H24Cl3N3O3.C24H21Cl4N3O2/c28-21-3-1-18(2-4-21)25-15-32(7-8-33(25)24-6-5-22(29)14-23(24)30)27(34)31-26-19-10-16-9-17(12-19)13-20(26)11-16;1-16-12-17(2)25(18(3)13-16)30-26(33)31-10-11-32(23-9-8-21(28)14-22(23)29)24(15-31)19-4-6-20(27)7-5-19;1-34-21-11-16(15-32)10-20(13-21)29-25(33)30-8-9-31(23-7-6-19(27)12-22(23)28)24(14-30)17-2-4-18(26)5-3-17;1-33-23-9-7-18(27)13-20(23)29-24(32)30-10-11-31(21-8-6-17(26)12-19(21)28)22(14-30)15-2-4-16(25)5-3-15/h1-6,14,16-17,19-20,25-26H,7-13,15H2,(H,31,34);4-9,12-14,24H,10-11,15H2,1-3H3,(H,30,33);2-7,10-13,24,32H,8-9,14-15H2,1H3,(H,29,33);2-9,12-13,22H,10-11,14H2,1H3,(H,29,32). The van der Waals surface area contributed by atoms with Crippen LogP contribution in [0.15, 0.2) is 218 Å². The summed E-state index contributed by atoms with van der Waals surface area (Å²) >= 11 is 81.3. The van der Waals surface area contributed by atoms with Crippen LogP contribution in [0, 0.1) is 44.4 Å². The van der Waals surface area contributed by atoms with E-state index in [1.165, 1.54) is 37.7 Å². The van der Waals surface area contributed by atoms with Crippen molar-refractivity contribution >= 4 is 215 Å². The Balaban J connectivity index is 0.000000136. The third kappa shape index (κ3) is 24.4. The molecule has 8 fully saturated rings. The Hall–Kier alpha value is -8.97. The van der Waals surface area contributed by atoms with E-state index in [0.29, 0.717) is 190 Å². The normalized spacial score (nSPS) is 20.1. The number of nitrogens with zero attached hydrogens (tertiary/aromatic N) is 8. The number of ether oxygens (including phenoxy) is 2. The molecule has 0 aromatic heterocycles. The number of aliphatic hydroxyl groups excluding tert-OH is 1. The lowest BCUT2D eigenvalue weighted by atomic mass is 9.54. The van der Waals surface area contributed by atoms with Gasteiger partial charge in [0.25, 0.3) is 0 Å². The Morgan fingerprint density at radius 1 is 0.343 bits per heavy atom. The smallest absolute Gasteiger partial charge is 0.322 e. The Kier molecular flexibility index (Phi) is 33.5. The monoisotopic (exact) mass is 2060 g/mol. The number of aryl methyl sites for hydroxylation is 3. The first-order valence-electron chi connectivity index (χ1n) is 44.2. The van der Waals surface area contributed by atoms with Gasteiger partial charge in [-0.1, -0.05) is 217 Å². The molecule has 4 atom stereocenters. The Bertz CT molecular complexity index is 5960. The number of amides is 8. The molecule has 4 unspecified atom stereocenters. The van der Waals surface area contributed by atoms with Gasteiger partial charge in [0.05, 0.1) is 93.5 Å². The number of nitrogens with one attached hydrogen (secondary N) is 4. The van der Waals surface area contributed by atoms with Crippen LogP contribution in [0.5, 0.6) is 11.5 Å². The molecule has 702 valence electrons. The van der Waals surface area contributed by atoms with Crippen LogP contribution in [0.25, 0.3) is 0 Å². The first kappa shape index (κ1) is 99.5. The number of hydrogen-bond donors (Lipinski definition) is 5. The van der Waals surface area contributed by atoms with Crippen molar-refractivity contribution in [2.75, 3.05) is 128 Å². The molecule has 19 nitrogen and oxygen atoms in total. The van der Waals surface area contributed by atoms with Gasteiger partial charge in [0.15, 0.2) is 0 Å². The highest BCUT2D eigenvalue weighted by atomic mass is 35.5. The zero-order chi connectivity index (χ0) is 94.9. The van der Waals surface area contributed by atoms with Crippen molar-refractivity contribution in [1.29, 1.82) is 0 Å². The number of anilines is 7. The van der Waals surface area contributed by atoms with Crippen molar-refractivity contribution in [3.63, 3.8) is 0 Å². The summed E-state index contributed by atoms with van der Waals surface area (Å²) in [4.78, 5) is 69.4. The molecule has 0 spiro atoms. The van der Waals surface area contributed by atoms with Crippen molar-refractivity contribution in [2.45, 2.75) is 89.7 Å².